The van der Waals surface area contributed by atoms with Gasteiger partial charge in [0.2, 0.25) is 5.91 Å². The molecule has 1 fully saturated rings. The maximum Gasteiger partial charge on any atom is 0.219 e. The van der Waals surface area contributed by atoms with Crippen LogP contribution in [0.15, 0.2) is 18.2 Å². The summed E-state index contributed by atoms with van der Waals surface area (Å²) in [6, 6.07) is 4.94. The van der Waals surface area contributed by atoms with Crippen molar-refractivity contribution in [1.82, 2.24) is 9.80 Å². The van der Waals surface area contributed by atoms with E-state index in [1.54, 1.807) is 13.0 Å². The Labute approximate surface area is 113 Å². The van der Waals surface area contributed by atoms with Crippen molar-refractivity contribution in [2.75, 3.05) is 31.9 Å². The topological polar surface area (TPSA) is 49.6 Å². The van der Waals surface area contributed by atoms with Gasteiger partial charge in [0.25, 0.3) is 0 Å². The summed E-state index contributed by atoms with van der Waals surface area (Å²) in [4.78, 5) is 15.5. The zero-order valence-corrected chi connectivity index (χ0v) is 11.2. The van der Waals surface area contributed by atoms with E-state index >= 15 is 0 Å². The lowest BCUT2D eigenvalue weighted by Crippen LogP contribution is -2.33. The molecular weight excluding hydrogens is 245 g/mol. The largest absolute Gasteiger partial charge is 0.396 e. The monoisotopic (exact) mass is 265 g/mol. The molecule has 0 aromatic heterocycles. The van der Waals surface area contributed by atoms with Crippen molar-refractivity contribution >= 4 is 11.6 Å². The van der Waals surface area contributed by atoms with E-state index in [0.717, 1.165) is 38.2 Å². The highest BCUT2D eigenvalue weighted by Gasteiger charge is 2.16. The normalized spacial score (nSPS) is 17.3. The van der Waals surface area contributed by atoms with Crippen LogP contribution in [-0.4, -0.2) is 41.9 Å². The molecule has 0 unspecified atom stereocenters. The number of rotatable bonds is 2. The first kappa shape index (κ1) is 13.8. The minimum Gasteiger partial charge on any atom is -0.396 e. The highest BCUT2D eigenvalue weighted by atomic mass is 19.1. The van der Waals surface area contributed by atoms with Crippen molar-refractivity contribution < 1.29 is 9.18 Å². The first-order valence-corrected chi connectivity index (χ1v) is 6.58. The molecule has 1 aromatic rings. The van der Waals surface area contributed by atoms with Crippen molar-refractivity contribution in [3.63, 3.8) is 0 Å². The maximum atomic E-state index is 13.4. The molecule has 1 saturated heterocycles. The fraction of sp³-hybridized carbons (Fsp3) is 0.500. The fourth-order valence-electron chi connectivity index (χ4n) is 2.37. The van der Waals surface area contributed by atoms with E-state index in [0.29, 0.717) is 6.54 Å². The molecule has 0 radical (unpaired) electrons. The van der Waals surface area contributed by atoms with Gasteiger partial charge < -0.3 is 10.6 Å². The third-order valence-corrected chi connectivity index (χ3v) is 3.50. The van der Waals surface area contributed by atoms with Crippen molar-refractivity contribution in [2.45, 2.75) is 19.9 Å². The van der Waals surface area contributed by atoms with Crippen molar-refractivity contribution in [1.29, 1.82) is 0 Å². The second-order valence-electron chi connectivity index (χ2n) is 4.99. The predicted molar refractivity (Wildman–Crippen MR) is 73.0 cm³/mol. The number of nitrogen functional groups attached to an aromatic ring is 1. The average molecular weight is 265 g/mol. The Bertz CT molecular complexity index is 464. The molecule has 2 N–H and O–H groups in total. The van der Waals surface area contributed by atoms with Crippen LogP contribution < -0.4 is 5.73 Å². The zero-order valence-electron chi connectivity index (χ0n) is 11.2. The zero-order chi connectivity index (χ0) is 13.8. The molecule has 1 aromatic carbocycles. The Morgan fingerprint density at radius 3 is 2.79 bits per heavy atom. The molecular formula is C14H20FN3O. The molecule has 0 saturated carbocycles. The van der Waals surface area contributed by atoms with Crippen LogP contribution in [0.3, 0.4) is 0 Å². The number of nitrogens with two attached hydrogens (primary N) is 1. The number of carbonyl (C=O) groups excluding carboxylic acids is 1. The molecule has 0 spiro atoms. The van der Waals surface area contributed by atoms with Gasteiger partial charge in [-0.05, 0) is 24.1 Å². The molecule has 1 aliphatic heterocycles. The average Bonchev–Trinajstić information content (AvgIpc) is 2.59. The van der Waals surface area contributed by atoms with Gasteiger partial charge in [-0.15, -0.1) is 0 Å². The van der Waals surface area contributed by atoms with Gasteiger partial charge in [-0.1, -0.05) is 6.07 Å². The third-order valence-electron chi connectivity index (χ3n) is 3.50. The summed E-state index contributed by atoms with van der Waals surface area (Å²) < 4.78 is 13.4. The molecule has 0 aliphatic carbocycles. The Morgan fingerprint density at radius 2 is 2.11 bits per heavy atom. The van der Waals surface area contributed by atoms with E-state index in [2.05, 4.69) is 4.90 Å². The number of carbonyl (C=O) groups is 1. The Kier molecular flexibility index (Phi) is 4.37. The molecule has 0 bridgehead atoms. The van der Waals surface area contributed by atoms with E-state index < -0.39 is 0 Å². The van der Waals surface area contributed by atoms with Crippen LogP contribution in [0, 0.1) is 5.82 Å². The van der Waals surface area contributed by atoms with Gasteiger partial charge in [0.15, 0.2) is 0 Å². The van der Waals surface area contributed by atoms with Gasteiger partial charge in [0.1, 0.15) is 5.82 Å². The summed E-state index contributed by atoms with van der Waals surface area (Å²) in [6.07, 6.45) is 0.955. The number of benzene rings is 1. The quantitative estimate of drug-likeness (QED) is 0.824. The standard InChI is InChI=1S/C14H20FN3O/c1-11(19)18-6-2-5-17(7-8-18)10-12-3-4-14(16)13(15)9-12/h3-4,9H,2,5-8,10,16H2,1H3. The number of nitrogens with zero attached hydrogens (tertiary/aromatic N) is 2. The summed E-state index contributed by atoms with van der Waals surface area (Å²) >= 11 is 0. The lowest BCUT2D eigenvalue weighted by atomic mass is 10.2. The summed E-state index contributed by atoms with van der Waals surface area (Å²) in [7, 11) is 0. The predicted octanol–water partition coefficient (Wildman–Crippen LogP) is 1.46. The number of halogens is 1. The fourth-order valence-corrected chi connectivity index (χ4v) is 2.37. The number of anilines is 1. The molecule has 19 heavy (non-hydrogen) atoms. The molecule has 1 aliphatic rings. The lowest BCUT2D eigenvalue weighted by molar-refractivity contribution is -0.128. The maximum absolute atomic E-state index is 13.4. The van der Waals surface area contributed by atoms with Gasteiger partial charge in [-0.25, -0.2) is 4.39 Å². The van der Waals surface area contributed by atoms with Crippen LogP contribution in [0.1, 0.15) is 18.9 Å². The second kappa shape index (κ2) is 6.02. The number of hydrogen-bond acceptors (Lipinski definition) is 3. The lowest BCUT2D eigenvalue weighted by Gasteiger charge is -2.21. The van der Waals surface area contributed by atoms with Crippen LogP contribution in [0.2, 0.25) is 0 Å². The molecule has 2 rings (SSSR count). The van der Waals surface area contributed by atoms with Gasteiger partial charge >= 0.3 is 0 Å². The highest BCUT2D eigenvalue weighted by molar-refractivity contribution is 5.73. The molecule has 104 valence electrons. The minimum absolute atomic E-state index is 0.125. The molecule has 4 nitrogen and oxygen atoms in total. The first-order valence-electron chi connectivity index (χ1n) is 6.58. The van der Waals surface area contributed by atoms with Crippen LogP contribution in [-0.2, 0) is 11.3 Å². The van der Waals surface area contributed by atoms with Crippen LogP contribution in [0.4, 0.5) is 10.1 Å². The highest BCUT2D eigenvalue weighted by Crippen LogP contribution is 2.14. The number of amides is 1. The van der Waals surface area contributed by atoms with E-state index in [1.165, 1.54) is 6.07 Å². The van der Waals surface area contributed by atoms with Crippen molar-refractivity contribution in [2.24, 2.45) is 0 Å². The van der Waals surface area contributed by atoms with Crippen molar-refractivity contribution in [3.05, 3.63) is 29.6 Å². The van der Waals surface area contributed by atoms with Gasteiger partial charge in [-0.2, -0.15) is 0 Å². The Morgan fingerprint density at radius 1 is 1.32 bits per heavy atom. The van der Waals surface area contributed by atoms with E-state index in [-0.39, 0.29) is 17.4 Å². The van der Waals surface area contributed by atoms with Crippen LogP contribution >= 0.6 is 0 Å². The smallest absolute Gasteiger partial charge is 0.219 e. The Hall–Kier alpha value is -1.62. The number of hydrogen-bond donors (Lipinski definition) is 1. The third kappa shape index (κ3) is 3.67. The molecule has 1 heterocycles. The van der Waals surface area contributed by atoms with Gasteiger partial charge in [0, 0.05) is 39.6 Å². The van der Waals surface area contributed by atoms with E-state index in [4.69, 9.17) is 5.73 Å². The summed E-state index contributed by atoms with van der Waals surface area (Å²) in [5.41, 5.74) is 6.57. The molecule has 1 amide bonds. The first-order chi connectivity index (χ1) is 9.06. The van der Waals surface area contributed by atoms with Crippen LogP contribution in [0.5, 0.6) is 0 Å². The Balaban J connectivity index is 1.95. The SMILES string of the molecule is CC(=O)N1CCCN(Cc2ccc(N)c(F)c2)CC1. The second-order valence-corrected chi connectivity index (χ2v) is 4.99. The van der Waals surface area contributed by atoms with Gasteiger partial charge in [0.05, 0.1) is 5.69 Å². The summed E-state index contributed by atoms with van der Waals surface area (Å²) in [5.74, 6) is -0.238. The minimum atomic E-state index is -0.363. The van der Waals surface area contributed by atoms with Gasteiger partial charge in [-0.3, -0.25) is 9.69 Å². The van der Waals surface area contributed by atoms with Crippen molar-refractivity contribution in [3.8, 4) is 0 Å². The van der Waals surface area contributed by atoms with Crippen LogP contribution in [0.25, 0.3) is 0 Å². The van der Waals surface area contributed by atoms with E-state index in [9.17, 15) is 9.18 Å². The molecule has 5 heteroatoms. The van der Waals surface area contributed by atoms with E-state index in [1.807, 2.05) is 11.0 Å². The summed E-state index contributed by atoms with van der Waals surface area (Å²) in [5, 5.41) is 0. The summed E-state index contributed by atoms with van der Waals surface area (Å²) in [6.45, 7) is 5.60. The molecule has 0 atom stereocenters.